The molecule has 1 saturated heterocycles. The Morgan fingerprint density at radius 1 is 1.20 bits per heavy atom. The molecule has 1 amide bonds. The van der Waals surface area contributed by atoms with E-state index in [9.17, 15) is 9.90 Å². The molecule has 1 aliphatic rings. The van der Waals surface area contributed by atoms with E-state index in [0.29, 0.717) is 21.4 Å². The van der Waals surface area contributed by atoms with Crippen LogP contribution in [0.2, 0.25) is 0 Å². The quantitative estimate of drug-likeness (QED) is 0.848. The molecule has 1 aliphatic heterocycles. The number of aryl methyl sites for hydroxylation is 1. The number of methoxy groups -OCH3 is 1. The summed E-state index contributed by atoms with van der Waals surface area (Å²) in [5.74, 6) is 0.224. The van der Waals surface area contributed by atoms with Crippen LogP contribution in [0.25, 0.3) is 6.08 Å². The number of benzene rings is 2. The first-order valence-electron chi connectivity index (χ1n) is 7.68. The van der Waals surface area contributed by atoms with E-state index in [-0.39, 0.29) is 11.7 Å². The van der Waals surface area contributed by atoms with Crippen LogP contribution >= 0.6 is 11.8 Å². The number of carbonyl (C=O) groups excluding carboxylic acids is 1. The number of hydrogen-bond donors (Lipinski definition) is 1. The largest absolute Gasteiger partial charge is 0.504 e. The second kappa shape index (κ2) is 7.03. The number of aromatic hydroxyl groups is 1. The van der Waals surface area contributed by atoms with Crippen molar-refractivity contribution in [3.05, 3.63) is 58.5 Å². The summed E-state index contributed by atoms with van der Waals surface area (Å²) in [5, 5.41) is 10.8. The van der Waals surface area contributed by atoms with E-state index in [1.165, 1.54) is 23.8 Å². The fourth-order valence-corrected chi connectivity index (χ4v) is 3.32. The molecule has 0 unspecified atom stereocenters. The number of thioether (sulfide) groups is 1. The van der Waals surface area contributed by atoms with Gasteiger partial charge in [0.1, 0.15) is 0 Å². The third kappa shape index (κ3) is 3.53. The molecule has 0 aliphatic carbocycles. The highest BCUT2D eigenvalue weighted by Crippen LogP contribution is 2.36. The number of ether oxygens (including phenoxy) is 1. The number of likely N-dealkylation sites (N-methyl/N-ethyl adjacent to an activating group) is 1. The zero-order valence-corrected chi connectivity index (χ0v) is 15.0. The average Bonchev–Trinajstić information content (AvgIpc) is 2.87. The molecule has 5 nitrogen and oxygen atoms in total. The number of carbonyl (C=O) groups is 1. The van der Waals surface area contributed by atoms with Crippen molar-refractivity contribution in [2.24, 2.45) is 4.99 Å². The number of aliphatic imine (C=N–C) groups is 1. The molecule has 2 aromatic rings. The van der Waals surface area contributed by atoms with Crippen LogP contribution in [-0.4, -0.2) is 35.2 Å². The first kappa shape index (κ1) is 17.1. The van der Waals surface area contributed by atoms with E-state index < -0.39 is 0 Å². The number of para-hydroxylation sites is 1. The van der Waals surface area contributed by atoms with E-state index >= 15 is 0 Å². The number of hydrogen-bond acceptors (Lipinski definition) is 5. The maximum atomic E-state index is 12.5. The minimum absolute atomic E-state index is 0.0116. The summed E-state index contributed by atoms with van der Waals surface area (Å²) in [5.41, 5.74) is 2.47. The molecular weight excluding hydrogens is 336 g/mol. The Labute approximate surface area is 150 Å². The van der Waals surface area contributed by atoms with Crippen LogP contribution in [0.4, 0.5) is 5.69 Å². The molecule has 0 aromatic heterocycles. The third-order valence-electron chi connectivity index (χ3n) is 3.80. The van der Waals surface area contributed by atoms with Crippen molar-refractivity contribution >= 4 is 34.6 Å². The molecule has 6 heteroatoms. The molecule has 2 aromatic carbocycles. The molecule has 25 heavy (non-hydrogen) atoms. The highest BCUT2D eigenvalue weighted by molar-refractivity contribution is 8.18. The van der Waals surface area contributed by atoms with Crippen molar-refractivity contribution in [3.8, 4) is 11.5 Å². The van der Waals surface area contributed by atoms with Crippen LogP contribution < -0.4 is 4.74 Å². The molecule has 128 valence electrons. The highest BCUT2D eigenvalue weighted by Gasteiger charge is 2.30. The summed E-state index contributed by atoms with van der Waals surface area (Å²) in [6.07, 6.45) is 1.65. The van der Waals surface area contributed by atoms with E-state index in [1.807, 2.05) is 31.2 Å². The third-order valence-corrected chi connectivity index (χ3v) is 4.86. The van der Waals surface area contributed by atoms with Gasteiger partial charge in [0.05, 0.1) is 17.7 Å². The van der Waals surface area contributed by atoms with E-state index in [1.54, 1.807) is 31.3 Å². The van der Waals surface area contributed by atoms with Crippen LogP contribution in [-0.2, 0) is 4.79 Å². The van der Waals surface area contributed by atoms with Gasteiger partial charge in [-0.25, -0.2) is 4.99 Å². The van der Waals surface area contributed by atoms with Gasteiger partial charge in [-0.15, -0.1) is 0 Å². The Morgan fingerprint density at radius 3 is 2.60 bits per heavy atom. The summed E-state index contributed by atoms with van der Waals surface area (Å²) in [4.78, 5) is 19.0. The lowest BCUT2D eigenvalue weighted by atomic mass is 10.1. The Bertz CT molecular complexity index is 873. The fourth-order valence-electron chi connectivity index (χ4n) is 2.34. The minimum atomic E-state index is -0.155. The number of rotatable bonds is 3. The lowest BCUT2D eigenvalue weighted by Crippen LogP contribution is -2.23. The predicted molar refractivity (Wildman–Crippen MR) is 101 cm³/mol. The highest BCUT2D eigenvalue weighted by atomic mass is 32.2. The van der Waals surface area contributed by atoms with E-state index in [4.69, 9.17) is 4.74 Å². The lowest BCUT2D eigenvalue weighted by molar-refractivity contribution is -0.121. The molecule has 0 saturated carbocycles. The Morgan fingerprint density at radius 2 is 1.92 bits per heavy atom. The smallest absolute Gasteiger partial charge is 0.266 e. The molecule has 0 bridgehead atoms. The van der Waals surface area contributed by atoms with Gasteiger partial charge in [-0.2, -0.15) is 0 Å². The maximum Gasteiger partial charge on any atom is 0.266 e. The summed E-state index contributed by atoms with van der Waals surface area (Å²) in [6, 6.07) is 12.9. The Kier molecular flexibility index (Phi) is 4.81. The number of phenols is 1. The zero-order chi connectivity index (χ0) is 18.0. The summed E-state index contributed by atoms with van der Waals surface area (Å²) >= 11 is 1.28. The van der Waals surface area contributed by atoms with Gasteiger partial charge in [0.2, 0.25) is 0 Å². The molecule has 0 spiro atoms. The second-order valence-electron chi connectivity index (χ2n) is 5.60. The van der Waals surface area contributed by atoms with E-state index in [2.05, 4.69) is 4.99 Å². The molecule has 0 radical (unpaired) electrons. The lowest BCUT2D eigenvalue weighted by Gasteiger charge is -2.07. The summed E-state index contributed by atoms with van der Waals surface area (Å²) in [6.45, 7) is 2.01. The second-order valence-corrected chi connectivity index (χ2v) is 6.61. The average molecular weight is 354 g/mol. The molecule has 1 fully saturated rings. The zero-order valence-electron chi connectivity index (χ0n) is 14.2. The van der Waals surface area contributed by atoms with Crippen LogP contribution in [0.1, 0.15) is 11.1 Å². The SMILES string of the molecule is COc1cccc(/C=C2\SC(=Nc3ccc(C)cc3)N(C)C2=O)c1O. The van der Waals surface area contributed by atoms with Crippen LogP contribution in [0.5, 0.6) is 11.5 Å². The summed E-state index contributed by atoms with van der Waals surface area (Å²) in [7, 11) is 3.18. The van der Waals surface area contributed by atoms with Crippen LogP contribution in [0, 0.1) is 6.92 Å². The first-order valence-corrected chi connectivity index (χ1v) is 8.50. The van der Waals surface area contributed by atoms with Crippen LogP contribution in [0.3, 0.4) is 0 Å². The number of amidine groups is 1. The molecular formula is C19H18N2O3S. The standard InChI is InChI=1S/C19H18N2O3S/c1-12-7-9-14(10-8-12)20-19-21(2)18(23)16(25-19)11-13-5-4-6-15(24-3)17(13)22/h4-11,22H,1-3H3/b16-11-,20-19?. The number of amides is 1. The fraction of sp³-hybridized carbons (Fsp3) is 0.158. The number of nitrogens with zero attached hydrogens (tertiary/aromatic N) is 2. The topological polar surface area (TPSA) is 62.1 Å². The van der Waals surface area contributed by atoms with Gasteiger partial charge in [-0.05, 0) is 43.0 Å². The Balaban J connectivity index is 1.92. The van der Waals surface area contributed by atoms with Gasteiger partial charge >= 0.3 is 0 Å². The van der Waals surface area contributed by atoms with Crippen molar-refractivity contribution in [1.29, 1.82) is 0 Å². The van der Waals surface area contributed by atoms with Gasteiger partial charge in [-0.3, -0.25) is 9.69 Å². The van der Waals surface area contributed by atoms with Crippen molar-refractivity contribution in [2.45, 2.75) is 6.92 Å². The minimum Gasteiger partial charge on any atom is -0.504 e. The van der Waals surface area contributed by atoms with Gasteiger partial charge < -0.3 is 9.84 Å². The van der Waals surface area contributed by atoms with Gasteiger partial charge in [0, 0.05) is 12.6 Å². The molecule has 1 heterocycles. The maximum absolute atomic E-state index is 12.5. The molecule has 3 rings (SSSR count). The Hall–Kier alpha value is -2.73. The normalized spacial score (nSPS) is 17.6. The van der Waals surface area contributed by atoms with Gasteiger partial charge in [0.15, 0.2) is 16.7 Å². The van der Waals surface area contributed by atoms with Gasteiger partial charge in [-0.1, -0.05) is 29.8 Å². The number of phenolic OH excluding ortho intramolecular Hbond substituents is 1. The first-order chi connectivity index (χ1) is 12.0. The van der Waals surface area contributed by atoms with Crippen LogP contribution in [0.15, 0.2) is 52.4 Å². The van der Waals surface area contributed by atoms with Gasteiger partial charge in [0.25, 0.3) is 5.91 Å². The molecule has 0 atom stereocenters. The predicted octanol–water partition coefficient (Wildman–Crippen LogP) is 3.94. The van der Waals surface area contributed by atoms with E-state index in [0.717, 1.165) is 11.3 Å². The van der Waals surface area contributed by atoms with Crippen molar-refractivity contribution in [1.82, 2.24) is 4.90 Å². The monoisotopic (exact) mass is 354 g/mol. The van der Waals surface area contributed by atoms with Crippen molar-refractivity contribution < 1.29 is 14.6 Å². The van der Waals surface area contributed by atoms with Crippen molar-refractivity contribution in [2.75, 3.05) is 14.2 Å². The molecule has 1 N–H and O–H groups in total. The summed E-state index contributed by atoms with van der Waals surface area (Å²) < 4.78 is 5.10. The van der Waals surface area contributed by atoms with Crippen molar-refractivity contribution in [3.63, 3.8) is 0 Å².